The first-order valence-corrected chi connectivity index (χ1v) is 8.45. The standard InChI is InChI=1S/C14H23N3O2S/c1-16(12-13-6-8-14(15)9-7-13)20(18,19)17-10-4-2-3-5-11-17/h6-9H,2-5,10-12,15H2,1H3. The highest BCUT2D eigenvalue weighted by Crippen LogP contribution is 2.17. The van der Waals surface area contributed by atoms with Crippen LogP contribution in [0.3, 0.4) is 0 Å². The molecule has 112 valence electrons. The summed E-state index contributed by atoms with van der Waals surface area (Å²) in [5, 5.41) is 0. The molecule has 0 aliphatic carbocycles. The first kappa shape index (κ1) is 15.3. The molecule has 20 heavy (non-hydrogen) atoms. The molecule has 0 unspecified atom stereocenters. The van der Waals surface area contributed by atoms with Gasteiger partial charge in [-0.25, -0.2) is 0 Å². The van der Waals surface area contributed by atoms with E-state index in [0.29, 0.717) is 25.3 Å². The molecule has 0 atom stereocenters. The Morgan fingerprint density at radius 2 is 1.65 bits per heavy atom. The van der Waals surface area contributed by atoms with Crippen molar-refractivity contribution in [2.45, 2.75) is 32.2 Å². The van der Waals surface area contributed by atoms with Crippen LogP contribution in [0.2, 0.25) is 0 Å². The fraction of sp³-hybridized carbons (Fsp3) is 0.571. The highest BCUT2D eigenvalue weighted by molar-refractivity contribution is 7.86. The van der Waals surface area contributed by atoms with E-state index in [1.54, 1.807) is 23.5 Å². The molecule has 0 radical (unpaired) electrons. The van der Waals surface area contributed by atoms with Gasteiger partial charge in [0.15, 0.2) is 0 Å². The van der Waals surface area contributed by atoms with E-state index in [4.69, 9.17) is 5.73 Å². The molecule has 1 aliphatic heterocycles. The highest BCUT2D eigenvalue weighted by atomic mass is 32.2. The van der Waals surface area contributed by atoms with Crippen molar-refractivity contribution in [1.82, 2.24) is 8.61 Å². The fourth-order valence-corrected chi connectivity index (χ4v) is 3.86. The summed E-state index contributed by atoms with van der Waals surface area (Å²) in [5.74, 6) is 0. The molecular weight excluding hydrogens is 274 g/mol. The monoisotopic (exact) mass is 297 g/mol. The minimum absolute atomic E-state index is 0.374. The second-order valence-corrected chi connectivity index (χ2v) is 7.35. The van der Waals surface area contributed by atoms with E-state index in [2.05, 4.69) is 0 Å². The lowest BCUT2D eigenvalue weighted by atomic mass is 10.2. The quantitative estimate of drug-likeness (QED) is 0.862. The molecule has 6 heteroatoms. The van der Waals surface area contributed by atoms with E-state index in [-0.39, 0.29) is 0 Å². The summed E-state index contributed by atoms with van der Waals surface area (Å²) in [6.45, 7) is 1.64. The second kappa shape index (κ2) is 6.56. The average Bonchev–Trinajstić information content (AvgIpc) is 2.70. The molecule has 0 aromatic heterocycles. The highest BCUT2D eigenvalue weighted by Gasteiger charge is 2.27. The number of benzene rings is 1. The largest absolute Gasteiger partial charge is 0.399 e. The molecule has 5 nitrogen and oxygen atoms in total. The topological polar surface area (TPSA) is 66.6 Å². The molecule has 0 saturated carbocycles. The van der Waals surface area contributed by atoms with Crippen molar-refractivity contribution in [3.8, 4) is 0 Å². The van der Waals surface area contributed by atoms with E-state index in [1.807, 2.05) is 12.1 Å². The van der Waals surface area contributed by atoms with Gasteiger partial charge in [0.2, 0.25) is 0 Å². The van der Waals surface area contributed by atoms with Crippen molar-refractivity contribution in [3.05, 3.63) is 29.8 Å². The Kier molecular flexibility index (Phi) is 5.01. The zero-order chi connectivity index (χ0) is 14.6. The smallest absolute Gasteiger partial charge is 0.282 e. The Labute approximate surface area is 121 Å². The Hall–Kier alpha value is -1.11. The molecular formula is C14H23N3O2S. The van der Waals surface area contributed by atoms with Gasteiger partial charge in [-0.3, -0.25) is 0 Å². The minimum Gasteiger partial charge on any atom is -0.399 e. The van der Waals surface area contributed by atoms with Crippen molar-refractivity contribution in [2.24, 2.45) is 0 Å². The molecule has 1 fully saturated rings. The third-order valence-corrected chi connectivity index (χ3v) is 5.60. The number of hydrogen-bond acceptors (Lipinski definition) is 3. The Bertz CT molecular complexity index is 520. The minimum atomic E-state index is -3.36. The van der Waals surface area contributed by atoms with Crippen LogP contribution in [0.4, 0.5) is 5.69 Å². The van der Waals surface area contributed by atoms with Gasteiger partial charge in [-0.05, 0) is 30.5 Å². The summed E-state index contributed by atoms with van der Waals surface area (Å²) in [7, 11) is -1.72. The van der Waals surface area contributed by atoms with Crippen molar-refractivity contribution < 1.29 is 8.42 Å². The lowest BCUT2D eigenvalue weighted by Crippen LogP contribution is -2.42. The van der Waals surface area contributed by atoms with Crippen LogP contribution in [0.25, 0.3) is 0 Å². The normalized spacial score (nSPS) is 18.1. The maximum Gasteiger partial charge on any atom is 0.282 e. The third kappa shape index (κ3) is 3.71. The van der Waals surface area contributed by atoms with E-state index >= 15 is 0 Å². The molecule has 1 aromatic carbocycles. The van der Waals surface area contributed by atoms with Crippen LogP contribution < -0.4 is 5.73 Å². The lowest BCUT2D eigenvalue weighted by Gasteiger charge is -2.26. The molecule has 2 rings (SSSR count). The third-order valence-electron chi connectivity index (χ3n) is 3.67. The number of nitrogens with two attached hydrogens (primary N) is 1. The molecule has 0 spiro atoms. The van der Waals surface area contributed by atoms with Gasteiger partial charge >= 0.3 is 0 Å². The Morgan fingerprint density at radius 1 is 1.10 bits per heavy atom. The number of nitrogen functional groups attached to an aromatic ring is 1. The molecule has 0 amide bonds. The van der Waals surface area contributed by atoms with Crippen LogP contribution in [0.15, 0.2) is 24.3 Å². The average molecular weight is 297 g/mol. The van der Waals surface area contributed by atoms with Crippen molar-refractivity contribution in [2.75, 3.05) is 25.9 Å². The van der Waals surface area contributed by atoms with E-state index in [0.717, 1.165) is 31.2 Å². The predicted octanol–water partition coefficient (Wildman–Crippen LogP) is 1.82. The zero-order valence-corrected chi connectivity index (χ0v) is 12.8. The molecule has 1 saturated heterocycles. The van der Waals surface area contributed by atoms with E-state index < -0.39 is 10.2 Å². The van der Waals surface area contributed by atoms with Gasteiger partial charge in [-0.1, -0.05) is 25.0 Å². The van der Waals surface area contributed by atoms with Crippen LogP contribution in [-0.2, 0) is 16.8 Å². The summed E-state index contributed by atoms with van der Waals surface area (Å²) in [6, 6.07) is 7.32. The van der Waals surface area contributed by atoms with Crippen LogP contribution in [0, 0.1) is 0 Å². The zero-order valence-electron chi connectivity index (χ0n) is 12.0. The molecule has 1 aromatic rings. The number of nitrogens with zero attached hydrogens (tertiary/aromatic N) is 2. The summed E-state index contributed by atoms with van der Waals surface area (Å²) >= 11 is 0. The van der Waals surface area contributed by atoms with Gasteiger partial charge in [-0.15, -0.1) is 0 Å². The van der Waals surface area contributed by atoms with Gasteiger partial charge < -0.3 is 5.73 Å². The van der Waals surface area contributed by atoms with Crippen LogP contribution >= 0.6 is 0 Å². The van der Waals surface area contributed by atoms with E-state index in [9.17, 15) is 8.42 Å². The molecule has 2 N–H and O–H groups in total. The van der Waals surface area contributed by atoms with E-state index in [1.165, 1.54) is 4.31 Å². The number of hydrogen-bond donors (Lipinski definition) is 1. The Balaban J connectivity index is 2.06. The van der Waals surface area contributed by atoms with Crippen molar-refractivity contribution in [1.29, 1.82) is 0 Å². The summed E-state index contributed by atoms with van der Waals surface area (Å²) < 4.78 is 28.1. The second-order valence-electron chi connectivity index (χ2n) is 5.32. The maximum absolute atomic E-state index is 12.5. The first-order chi connectivity index (χ1) is 9.50. The van der Waals surface area contributed by atoms with Gasteiger partial charge in [0.05, 0.1) is 0 Å². The maximum atomic E-state index is 12.5. The molecule has 1 heterocycles. The van der Waals surface area contributed by atoms with Crippen molar-refractivity contribution in [3.63, 3.8) is 0 Å². The fourth-order valence-electron chi connectivity index (χ4n) is 2.43. The number of anilines is 1. The predicted molar refractivity (Wildman–Crippen MR) is 81.3 cm³/mol. The summed E-state index contributed by atoms with van der Waals surface area (Å²) in [6.07, 6.45) is 4.14. The van der Waals surface area contributed by atoms with Gasteiger partial charge in [0.25, 0.3) is 10.2 Å². The van der Waals surface area contributed by atoms with Crippen LogP contribution in [0.5, 0.6) is 0 Å². The lowest BCUT2D eigenvalue weighted by molar-refractivity contribution is 0.363. The first-order valence-electron chi connectivity index (χ1n) is 7.06. The SMILES string of the molecule is CN(Cc1ccc(N)cc1)S(=O)(=O)N1CCCCCC1. The van der Waals surface area contributed by atoms with Gasteiger partial charge in [-0.2, -0.15) is 17.0 Å². The summed E-state index contributed by atoms with van der Waals surface area (Å²) in [5.41, 5.74) is 7.27. The molecule has 0 bridgehead atoms. The molecule has 1 aliphatic rings. The van der Waals surface area contributed by atoms with Crippen LogP contribution in [-0.4, -0.2) is 37.2 Å². The van der Waals surface area contributed by atoms with Crippen LogP contribution in [0.1, 0.15) is 31.2 Å². The van der Waals surface area contributed by atoms with Crippen molar-refractivity contribution >= 4 is 15.9 Å². The van der Waals surface area contributed by atoms with Gasteiger partial charge in [0.1, 0.15) is 0 Å². The van der Waals surface area contributed by atoms with Gasteiger partial charge in [0, 0.05) is 32.4 Å². The summed E-state index contributed by atoms with van der Waals surface area (Å²) in [4.78, 5) is 0. The Morgan fingerprint density at radius 3 is 2.20 bits per heavy atom. The number of rotatable bonds is 4.